The van der Waals surface area contributed by atoms with Crippen molar-refractivity contribution in [3.63, 3.8) is 0 Å². The standard InChI is InChI=1S/C13H22N4O/c1-4-17-6-5-15-13(17)11-10(12(14)18)8(2)7-9(3)16-11/h5-6,8-11,16H,4,7H2,1-3H3,(H2,14,18). The lowest BCUT2D eigenvalue weighted by Crippen LogP contribution is -2.49. The van der Waals surface area contributed by atoms with Crippen LogP contribution in [0.4, 0.5) is 0 Å². The zero-order valence-electron chi connectivity index (χ0n) is 11.3. The quantitative estimate of drug-likeness (QED) is 0.842. The third-order valence-electron chi connectivity index (χ3n) is 3.86. The normalized spacial score (nSPS) is 32.4. The van der Waals surface area contributed by atoms with E-state index in [1.807, 2.05) is 6.20 Å². The maximum Gasteiger partial charge on any atom is 0.222 e. The Hall–Kier alpha value is -1.36. The van der Waals surface area contributed by atoms with E-state index < -0.39 is 0 Å². The summed E-state index contributed by atoms with van der Waals surface area (Å²) in [5, 5.41) is 3.47. The molecule has 0 spiro atoms. The van der Waals surface area contributed by atoms with E-state index in [4.69, 9.17) is 5.73 Å². The van der Waals surface area contributed by atoms with Gasteiger partial charge in [-0.2, -0.15) is 0 Å². The number of aromatic nitrogens is 2. The van der Waals surface area contributed by atoms with E-state index >= 15 is 0 Å². The van der Waals surface area contributed by atoms with Gasteiger partial charge in [0.1, 0.15) is 5.82 Å². The highest BCUT2D eigenvalue weighted by molar-refractivity contribution is 5.78. The van der Waals surface area contributed by atoms with E-state index in [-0.39, 0.29) is 23.8 Å². The van der Waals surface area contributed by atoms with Gasteiger partial charge >= 0.3 is 0 Å². The average molecular weight is 250 g/mol. The Morgan fingerprint density at radius 3 is 2.94 bits per heavy atom. The molecule has 0 bridgehead atoms. The fourth-order valence-electron chi connectivity index (χ4n) is 3.06. The van der Waals surface area contributed by atoms with E-state index in [0.29, 0.717) is 6.04 Å². The van der Waals surface area contributed by atoms with Crippen LogP contribution >= 0.6 is 0 Å². The zero-order valence-corrected chi connectivity index (χ0v) is 11.3. The molecule has 1 aliphatic heterocycles. The van der Waals surface area contributed by atoms with Crippen molar-refractivity contribution in [2.45, 2.75) is 45.8 Å². The summed E-state index contributed by atoms with van der Waals surface area (Å²) in [6.07, 6.45) is 4.69. The van der Waals surface area contributed by atoms with Gasteiger partial charge in [0.15, 0.2) is 0 Å². The van der Waals surface area contributed by atoms with Crippen molar-refractivity contribution in [1.82, 2.24) is 14.9 Å². The summed E-state index contributed by atoms with van der Waals surface area (Å²) in [5.74, 6) is 0.775. The van der Waals surface area contributed by atoms with E-state index in [1.165, 1.54) is 0 Å². The molecule has 1 aromatic rings. The molecule has 3 N–H and O–H groups in total. The molecule has 1 aromatic heterocycles. The molecule has 2 rings (SSSR count). The second-order valence-electron chi connectivity index (χ2n) is 5.26. The fourth-order valence-corrected chi connectivity index (χ4v) is 3.06. The minimum absolute atomic E-state index is 0.0730. The maximum atomic E-state index is 11.7. The molecular weight excluding hydrogens is 228 g/mol. The fraction of sp³-hybridized carbons (Fsp3) is 0.692. The van der Waals surface area contributed by atoms with Crippen LogP contribution in [0.25, 0.3) is 0 Å². The van der Waals surface area contributed by atoms with Crippen LogP contribution < -0.4 is 11.1 Å². The van der Waals surface area contributed by atoms with Gasteiger partial charge in [0.2, 0.25) is 5.91 Å². The van der Waals surface area contributed by atoms with Gasteiger partial charge in [-0.05, 0) is 26.2 Å². The Morgan fingerprint density at radius 2 is 2.33 bits per heavy atom. The predicted octanol–water partition coefficient (Wildman–Crippen LogP) is 1.06. The van der Waals surface area contributed by atoms with Crippen LogP contribution in [-0.2, 0) is 11.3 Å². The summed E-state index contributed by atoms with van der Waals surface area (Å²) < 4.78 is 2.07. The molecule has 0 aromatic carbocycles. The Morgan fingerprint density at radius 1 is 1.61 bits per heavy atom. The first-order chi connectivity index (χ1) is 8.54. The van der Waals surface area contributed by atoms with Gasteiger partial charge in [0.25, 0.3) is 0 Å². The number of primary amides is 1. The van der Waals surface area contributed by atoms with Crippen molar-refractivity contribution < 1.29 is 4.79 Å². The number of carbonyl (C=O) groups is 1. The second kappa shape index (κ2) is 5.10. The Bertz CT molecular complexity index is 428. The third-order valence-corrected chi connectivity index (χ3v) is 3.86. The Balaban J connectivity index is 2.35. The van der Waals surface area contributed by atoms with Crippen LogP contribution in [-0.4, -0.2) is 21.5 Å². The SMILES string of the molecule is CCn1ccnc1C1NC(C)CC(C)C1C(N)=O. The Labute approximate surface area is 108 Å². The van der Waals surface area contributed by atoms with Gasteiger partial charge in [-0.3, -0.25) is 4.79 Å². The first-order valence-corrected chi connectivity index (χ1v) is 6.61. The van der Waals surface area contributed by atoms with Crippen molar-refractivity contribution >= 4 is 5.91 Å². The number of nitrogens with two attached hydrogens (primary N) is 1. The molecular formula is C13H22N4O. The number of carbonyl (C=O) groups excluding carboxylic acids is 1. The van der Waals surface area contributed by atoms with Crippen LogP contribution in [0.5, 0.6) is 0 Å². The van der Waals surface area contributed by atoms with Crippen molar-refractivity contribution in [3.8, 4) is 0 Å². The summed E-state index contributed by atoms with van der Waals surface area (Å²) in [7, 11) is 0. The van der Waals surface area contributed by atoms with Crippen LogP contribution in [0.15, 0.2) is 12.4 Å². The lowest BCUT2D eigenvalue weighted by atomic mass is 9.78. The lowest BCUT2D eigenvalue weighted by Gasteiger charge is -2.38. The maximum absolute atomic E-state index is 11.7. The number of rotatable bonds is 3. The largest absolute Gasteiger partial charge is 0.369 e. The highest BCUT2D eigenvalue weighted by Gasteiger charge is 2.39. The first-order valence-electron chi connectivity index (χ1n) is 6.61. The molecule has 0 radical (unpaired) electrons. The molecule has 4 atom stereocenters. The van der Waals surface area contributed by atoms with Crippen molar-refractivity contribution in [1.29, 1.82) is 0 Å². The van der Waals surface area contributed by atoms with E-state index in [0.717, 1.165) is 18.8 Å². The number of hydrogen-bond donors (Lipinski definition) is 2. The highest BCUT2D eigenvalue weighted by atomic mass is 16.1. The summed E-state index contributed by atoms with van der Waals surface area (Å²) in [6, 6.07) is 0.304. The van der Waals surface area contributed by atoms with Crippen LogP contribution in [0.2, 0.25) is 0 Å². The Kier molecular flexibility index (Phi) is 3.71. The van der Waals surface area contributed by atoms with E-state index in [2.05, 4.69) is 35.6 Å². The van der Waals surface area contributed by atoms with Crippen LogP contribution in [0.3, 0.4) is 0 Å². The third kappa shape index (κ3) is 2.27. The van der Waals surface area contributed by atoms with Crippen molar-refractivity contribution in [2.75, 3.05) is 0 Å². The van der Waals surface area contributed by atoms with Crippen LogP contribution in [0.1, 0.15) is 39.1 Å². The zero-order chi connectivity index (χ0) is 13.3. The molecule has 2 heterocycles. The average Bonchev–Trinajstić information content (AvgIpc) is 2.74. The van der Waals surface area contributed by atoms with E-state index in [9.17, 15) is 4.79 Å². The lowest BCUT2D eigenvalue weighted by molar-refractivity contribution is -0.125. The van der Waals surface area contributed by atoms with Gasteiger partial charge in [-0.1, -0.05) is 6.92 Å². The molecule has 0 aliphatic carbocycles. The minimum Gasteiger partial charge on any atom is -0.369 e. The van der Waals surface area contributed by atoms with Gasteiger partial charge in [0.05, 0.1) is 12.0 Å². The number of piperidine rings is 1. The molecule has 4 unspecified atom stereocenters. The molecule has 1 amide bonds. The summed E-state index contributed by atoms with van der Waals surface area (Å²) in [4.78, 5) is 16.1. The smallest absolute Gasteiger partial charge is 0.222 e. The van der Waals surface area contributed by atoms with Crippen molar-refractivity contribution in [3.05, 3.63) is 18.2 Å². The molecule has 1 saturated heterocycles. The molecule has 5 nitrogen and oxygen atoms in total. The van der Waals surface area contributed by atoms with Gasteiger partial charge in [-0.25, -0.2) is 4.98 Å². The summed E-state index contributed by atoms with van der Waals surface area (Å²) in [6.45, 7) is 7.15. The number of imidazole rings is 1. The predicted molar refractivity (Wildman–Crippen MR) is 69.7 cm³/mol. The molecule has 0 saturated carbocycles. The van der Waals surface area contributed by atoms with Crippen molar-refractivity contribution in [2.24, 2.45) is 17.6 Å². The number of nitrogens with one attached hydrogen (secondary N) is 1. The molecule has 100 valence electrons. The summed E-state index contributed by atoms with van der Waals surface area (Å²) in [5.41, 5.74) is 5.58. The second-order valence-corrected chi connectivity index (χ2v) is 5.26. The number of hydrogen-bond acceptors (Lipinski definition) is 3. The van der Waals surface area contributed by atoms with Gasteiger partial charge in [0, 0.05) is 25.0 Å². The summed E-state index contributed by atoms with van der Waals surface area (Å²) >= 11 is 0. The van der Waals surface area contributed by atoms with Gasteiger partial charge < -0.3 is 15.6 Å². The minimum atomic E-state index is -0.238. The van der Waals surface area contributed by atoms with Gasteiger partial charge in [-0.15, -0.1) is 0 Å². The molecule has 5 heteroatoms. The number of nitrogens with zero attached hydrogens (tertiary/aromatic N) is 2. The number of amides is 1. The molecule has 1 aliphatic rings. The van der Waals surface area contributed by atoms with Crippen LogP contribution in [0, 0.1) is 11.8 Å². The highest BCUT2D eigenvalue weighted by Crippen LogP contribution is 2.34. The topological polar surface area (TPSA) is 72.9 Å². The number of aryl methyl sites for hydroxylation is 1. The molecule has 18 heavy (non-hydrogen) atoms. The first kappa shape index (κ1) is 13.1. The monoisotopic (exact) mass is 250 g/mol. The molecule has 1 fully saturated rings. The van der Waals surface area contributed by atoms with E-state index in [1.54, 1.807) is 6.20 Å².